The Bertz CT molecular complexity index is 643. The molecule has 1 aromatic rings. The van der Waals surface area contributed by atoms with Gasteiger partial charge in [0.25, 0.3) is 0 Å². The van der Waals surface area contributed by atoms with Gasteiger partial charge in [-0.2, -0.15) is 0 Å². The maximum Gasteiger partial charge on any atom is 0.306 e. The molecule has 0 radical (unpaired) electrons. The summed E-state index contributed by atoms with van der Waals surface area (Å²) in [5.41, 5.74) is 2.62. The van der Waals surface area contributed by atoms with Gasteiger partial charge in [0.2, 0.25) is 5.91 Å². The maximum absolute atomic E-state index is 12.5. The fourth-order valence-corrected chi connectivity index (χ4v) is 4.25. The molecule has 0 saturated heterocycles. The van der Waals surface area contributed by atoms with Crippen molar-refractivity contribution < 1.29 is 19.4 Å². The van der Waals surface area contributed by atoms with Crippen LogP contribution in [0.25, 0.3) is 0 Å². The number of rotatable bonds is 5. The fraction of sp³-hybridized carbons (Fsp3) is 0.600. The van der Waals surface area contributed by atoms with E-state index < -0.39 is 5.97 Å². The number of aryl methyl sites for hydroxylation is 1. The van der Waals surface area contributed by atoms with Gasteiger partial charge in [0.05, 0.1) is 13.0 Å². The number of amides is 1. The lowest BCUT2D eigenvalue weighted by atomic mass is 9.80. The third-order valence-electron chi connectivity index (χ3n) is 5.71. The third-order valence-corrected chi connectivity index (χ3v) is 5.71. The van der Waals surface area contributed by atoms with Crippen LogP contribution >= 0.6 is 0 Å². The summed E-state index contributed by atoms with van der Waals surface area (Å²) in [6.07, 6.45) is 6.03. The van der Waals surface area contributed by atoms with E-state index in [2.05, 4.69) is 17.4 Å². The van der Waals surface area contributed by atoms with Crippen LogP contribution in [0.4, 0.5) is 0 Å². The van der Waals surface area contributed by atoms with Crippen molar-refractivity contribution in [1.29, 1.82) is 0 Å². The highest BCUT2D eigenvalue weighted by atomic mass is 16.5. The molecule has 0 aromatic heterocycles. The van der Waals surface area contributed by atoms with Crippen LogP contribution in [0.1, 0.15) is 55.6 Å². The summed E-state index contributed by atoms with van der Waals surface area (Å²) >= 11 is 0. The molecule has 5 heteroatoms. The van der Waals surface area contributed by atoms with E-state index in [1.807, 2.05) is 6.07 Å². The van der Waals surface area contributed by atoms with Gasteiger partial charge in [0.1, 0.15) is 5.75 Å². The molecular weight excluding hydrogens is 318 g/mol. The molecular formula is C20H27NO4. The van der Waals surface area contributed by atoms with Crippen LogP contribution in [0.15, 0.2) is 18.2 Å². The number of fused-ring (bicyclic) bond motifs is 1. The lowest BCUT2D eigenvalue weighted by Gasteiger charge is -2.29. The molecule has 3 atom stereocenters. The molecule has 1 amide bonds. The Morgan fingerprint density at radius 3 is 2.76 bits per heavy atom. The first-order chi connectivity index (χ1) is 12.1. The summed E-state index contributed by atoms with van der Waals surface area (Å²) in [4.78, 5) is 23.7. The van der Waals surface area contributed by atoms with Gasteiger partial charge in [-0.3, -0.25) is 9.59 Å². The summed E-state index contributed by atoms with van der Waals surface area (Å²) in [6, 6.07) is 6.20. The Labute approximate surface area is 148 Å². The highest BCUT2D eigenvalue weighted by molar-refractivity contribution is 5.80. The van der Waals surface area contributed by atoms with Crippen LogP contribution in [0.5, 0.6) is 5.75 Å². The smallest absolute Gasteiger partial charge is 0.306 e. The Hall–Kier alpha value is -2.04. The summed E-state index contributed by atoms with van der Waals surface area (Å²) < 4.78 is 5.30. The molecule has 0 bridgehead atoms. The molecule has 2 aliphatic carbocycles. The number of nitrogens with one attached hydrogen (secondary N) is 1. The number of hydrogen-bond acceptors (Lipinski definition) is 3. The molecule has 2 N–H and O–H groups in total. The number of carboxylic acid groups (broad SMARTS) is 1. The molecule has 0 spiro atoms. The number of aliphatic carboxylic acids is 1. The normalized spacial score (nSPS) is 25.7. The number of methoxy groups -OCH3 is 1. The van der Waals surface area contributed by atoms with Gasteiger partial charge in [-0.05, 0) is 61.8 Å². The molecule has 3 rings (SSSR count). The number of hydrogen-bond donors (Lipinski definition) is 2. The minimum atomic E-state index is -0.771. The largest absolute Gasteiger partial charge is 0.497 e. The molecule has 5 nitrogen and oxygen atoms in total. The minimum Gasteiger partial charge on any atom is -0.497 e. The molecule has 0 aliphatic heterocycles. The lowest BCUT2D eigenvalue weighted by Crippen LogP contribution is -2.37. The summed E-state index contributed by atoms with van der Waals surface area (Å²) in [7, 11) is 1.68. The Morgan fingerprint density at radius 2 is 2.00 bits per heavy atom. The van der Waals surface area contributed by atoms with Crippen LogP contribution in [0.3, 0.4) is 0 Å². The van der Waals surface area contributed by atoms with Gasteiger partial charge in [0, 0.05) is 18.4 Å². The molecule has 0 heterocycles. The second-order valence-corrected chi connectivity index (χ2v) is 7.30. The van der Waals surface area contributed by atoms with Crippen molar-refractivity contribution in [2.45, 2.75) is 50.9 Å². The number of carbonyl (C=O) groups excluding carboxylic acids is 1. The van der Waals surface area contributed by atoms with E-state index >= 15 is 0 Å². The third kappa shape index (κ3) is 4.14. The van der Waals surface area contributed by atoms with Crippen molar-refractivity contribution in [3.63, 3.8) is 0 Å². The van der Waals surface area contributed by atoms with Crippen molar-refractivity contribution >= 4 is 11.9 Å². The fourth-order valence-electron chi connectivity index (χ4n) is 4.25. The van der Waals surface area contributed by atoms with Crippen LogP contribution in [-0.2, 0) is 16.0 Å². The van der Waals surface area contributed by atoms with Crippen LogP contribution in [0, 0.1) is 11.8 Å². The van der Waals surface area contributed by atoms with E-state index in [9.17, 15) is 14.7 Å². The lowest BCUT2D eigenvalue weighted by molar-refractivity contribution is -0.144. The topological polar surface area (TPSA) is 75.6 Å². The standard InChI is InChI=1S/C20H27NO4/c1-25-17-8-9-18-13(11-17)4-2-7-16(18)12-21-19(22)14-5-3-6-15(10-14)20(23)24/h8-9,11,14-16H,2-7,10,12H2,1H3,(H,21,22)(H,23,24). The van der Waals surface area contributed by atoms with Crippen LogP contribution in [-0.4, -0.2) is 30.6 Å². The maximum atomic E-state index is 12.5. The van der Waals surface area contributed by atoms with E-state index in [0.717, 1.165) is 37.9 Å². The van der Waals surface area contributed by atoms with Crippen molar-refractivity contribution in [3.8, 4) is 5.75 Å². The quantitative estimate of drug-likeness (QED) is 0.860. The SMILES string of the molecule is COc1ccc2c(c1)CCCC2CNC(=O)C1CCCC(C(=O)O)C1. The summed E-state index contributed by atoms with van der Waals surface area (Å²) in [5.74, 6) is -0.0665. The van der Waals surface area contributed by atoms with Gasteiger partial charge < -0.3 is 15.2 Å². The predicted molar refractivity (Wildman–Crippen MR) is 94.8 cm³/mol. The molecule has 3 unspecified atom stereocenters. The van der Waals surface area contributed by atoms with Gasteiger partial charge in [-0.15, -0.1) is 0 Å². The number of carboxylic acids is 1. The number of benzene rings is 1. The summed E-state index contributed by atoms with van der Waals surface area (Å²) in [5, 5.41) is 12.3. The highest BCUT2D eigenvalue weighted by Gasteiger charge is 2.31. The first-order valence-corrected chi connectivity index (χ1v) is 9.25. The van der Waals surface area contributed by atoms with Crippen molar-refractivity contribution in [2.75, 3.05) is 13.7 Å². The monoisotopic (exact) mass is 345 g/mol. The van der Waals surface area contributed by atoms with Crippen molar-refractivity contribution in [2.24, 2.45) is 11.8 Å². The molecule has 1 aromatic carbocycles. The zero-order valence-electron chi connectivity index (χ0n) is 14.8. The van der Waals surface area contributed by atoms with Crippen LogP contribution in [0.2, 0.25) is 0 Å². The highest BCUT2D eigenvalue weighted by Crippen LogP contribution is 2.34. The average molecular weight is 345 g/mol. The van der Waals surface area contributed by atoms with Gasteiger partial charge in [-0.25, -0.2) is 0 Å². The second kappa shape index (κ2) is 7.89. The zero-order chi connectivity index (χ0) is 17.8. The summed E-state index contributed by atoms with van der Waals surface area (Å²) in [6.45, 7) is 0.631. The first-order valence-electron chi connectivity index (χ1n) is 9.25. The Kier molecular flexibility index (Phi) is 5.61. The Balaban J connectivity index is 1.59. The van der Waals surface area contributed by atoms with Crippen molar-refractivity contribution in [1.82, 2.24) is 5.32 Å². The van der Waals surface area contributed by atoms with Gasteiger partial charge in [0.15, 0.2) is 0 Å². The molecule has 136 valence electrons. The zero-order valence-corrected chi connectivity index (χ0v) is 14.8. The average Bonchev–Trinajstić information content (AvgIpc) is 2.65. The van der Waals surface area contributed by atoms with E-state index in [-0.39, 0.29) is 17.7 Å². The van der Waals surface area contributed by atoms with Crippen LogP contribution < -0.4 is 10.1 Å². The van der Waals surface area contributed by atoms with E-state index in [4.69, 9.17) is 4.74 Å². The Morgan fingerprint density at radius 1 is 1.20 bits per heavy atom. The van der Waals surface area contributed by atoms with Gasteiger partial charge in [-0.1, -0.05) is 12.5 Å². The number of carbonyl (C=O) groups is 2. The minimum absolute atomic E-state index is 0.0200. The molecule has 1 fully saturated rings. The second-order valence-electron chi connectivity index (χ2n) is 7.30. The number of ether oxygens (including phenoxy) is 1. The first kappa shape index (κ1) is 17.8. The van der Waals surface area contributed by atoms with Crippen molar-refractivity contribution in [3.05, 3.63) is 29.3 Å². The molecule has 1 saturated carbocycles. The van der Waals surface area contributed by atoms with E-state index in [1.54, 1.807) is 7.11 Å². The molecule has 2 aliphatic rings. The van der Waals surface area contributed by atoms with E-state index in [1.165, 1.54) is 11.1 Å². The van der Waals surface area contributed by atoms with Gasteiger partial charge >= 0.3 is 5.97 Å². The molecule has 25 heavy (non-hydrogen) atoms. The van der Waals surface area contributed by atoms with E-state index in [0.29, 0.717) is 25.3 Å². The predicted octanol–water partition coefficient (Wildman–Crippen LogP) is 3.12.